The Balaban J connectivity index is 1.56. The first kappa shape index (κ1) is 16.6. The molecule has 124 valence electrons. The molecular weight excluding hydrogens is 342 g/mol. The number of pyridine rings is 1. The quantitative estimate of drug-likeness (QED) is 0.756. The molecule has 0 atom stereocenters. The lowest BCUT2D eigenvalue weighted by molar-refractivity contribution is 0.0953. The van der Waals surface area contributed by atoms with Crippen LogP contribution in [0.2, 0.25) is 5.02 Å². The Hall–Kier alpha value is -3.24. The third kappa shape index (κ3) is 4.19. The van der Waals surface area contributed by atoms with Gasteiger partial charge in [0.15, 0.2) is 0 Å². The number of carbonyl (C=O) groups is 1. The standard InChI is InChI=1S/C17H12ClN5O2/c18-13-3-1-11(2-4-13)16-22-15(25-23-16)6-8-21-17(24)12-5-7-20-14(9-12)10-19/h1-5,7,9H,6,8H2,(H,21,24). The number of nitriles is 1. The average molecular weight is 354 g/mol. The van der Waals surface area contributed by atoms with Crippen LogP contribution in [0, 0.1) is 11.3 Å². The Kier molecular flexibility index (Phi) is 5.02. The fourth-order valence-electron chi connectivity index (χ4n) is 2.09. The molecule has 1 N–H and O–H groups in total. The molecule has 0 fully saturated rings. The maximum absolute atomic E-state index is 12.0. The summed E-state index contributed by atoms with van der Waals surface area (Å²) in [4.78, 5) is 20.1. The third-order valence-electron chi connectivity index (χ3n) is 3.33. The zero-order chi connectivity index (χ0) is 17.6. The number of hydrogen-bond donors (Lipinski definition) is 1. The Bertz CT molecular complexity index is 931. The van der Waals surface area contributed by atoms with Crippen molar-refractivity contribution in [1.29, 1.82) is 5.26 Å². The van der Waals surface area contributed by atoms with Crippen molar-refractivity contribution in [3.8, 4) is 17.5 Å². The minimum absolute atomic E-state index is 0.192. The Morgan fingerprint density at radius 3 is 2.84 bits per heavy atom. The topological polar surface area (TPSA) is 105 Å². The summed E-state index contributed by atoms with van der Waals surface area (Å²) >= 11 is 5.85. The van der Waals surface area contributed by atoms with Gasteiger partial charge >= 0.3 is 0 Å². The van der Waals surface area contributed by atoms with Gasteiger partial charge in [-0.15, -0.1) is 0 Å². The second-order valence-electron chi connectivity index (χ2n) is 5.07. The SMILES string of the molecule is N#Cc1cc(C(=O)NCCc2nc(-c3ccc(Cl)cc3)no2)ccn1. The third-order valence-corrected chi connectivity index (χ3v) is 3.58. The van der Waals surface area contributed by atoms with Crippen LogP contribution < -0.4 is 5.32 Å². The van der Waals surface area contributed by atoms with Gasteiger partial charge in [0.2, 0.25) is 11.7 Å². The van der Waals surface area contributed by atoms with Crippen molar-refractivity contribution in [2.75, 3.05) is 6.54 Å². The predicted molar refractivity (Wildman–Crippen MR) is 89.7 cm³/mol. The summed E-state index contributed by atoms with van der Waals surface area (Å²) in [5.41, 5.74) is 1.36. The maximum Gasteiger partial charge on any atom is 0.251 e. The van der Waals surface area contributed by atoms with Gasteiger partial charge in [-0.3, -0.25) is 4.79 Å². The highest BCUT2D eigenvalue weighted by atomic mass is 35.5. The molecule has 3 aromatic rings. The number of rotatable bonds is 5. The molecule has 0 bridgehead atoms. The van der Waals surface area contributed by atoms with E-state index in [0.717, 1.165) is 5.56 Å². The van der Waals surface area contributed by atoms with E-state index in [9.17, 15) is 4.79 Å². The molecular formula is C17H12ClN5O2. The number of aromatic nitrogens is 3. The molecule has 0 aliphatic heterocycles. The van der Waals surface area contributed by atoms with Crippen LogP contribution in [-0.2, 0) is 6.42 Å². The number of nitrogens with one attached hydrogen (secondary N) is 1. The van der Waals surface area contributed by atoms with E-state index in [4.69, 9.17) is 21.4 Å². The van der Waals surface area contributed by atoms with E-state index in [1.165, 1.54) is 12.3 Å². The fraction of sp³-hybridized carbons (Fsp3) is 0.118. The van der Waals surface area contributed by atoms with Gasteiger partial charge in [-0.2, -0.15) is 10.2 Å². The summed E-state index contributed by atoms with van der Waals surface area (Å²) < 4.78 is 5.17. The number of halogens is 1. The van der Waals surface area contributed by atoms with Gasteiger partial charge in [0, 0.05) is 35.3 Å². The zero-order valence-electron chi connectivity index (χ0n) is 12.9. The normalized spacial score (nSPS) is 10.2. The molecule has 25 heavy (non-hydrogen) atoms. The van der Waals surface area contributed by atoms with Crippen LogP contribution in [0.15, 0.2) is 47.1 Å². The van der Waals surface area contributed by atoms with Crippen molar-refractivity contribution in [2.24, 2.45) is 0 Å². The molecule has 8 heteroatoms. The van der Waals surface area contributed by atoms with Crippen molar-refractivity contribution in [3.63, 3.8) is 0 Å². The van der Waals surface area contributed by atoms with Crippen LogP contribution in [0.4, 0.5) is 0 Å². The molecule has 0 saturated carbocycles. The first-order chi connectivity index (χ1) is 12.2. The minimum Gasteiger partial charge on any atom is -0.352 e. The highest BCUT2D eigenvalue weighted by molar-refractivity contribution is 6.30. The van der Waals surface area contributed by atoms with Crippen LogP contribution in [0.1, 0.15) is 21.9 Å². The molecule has 0 saturated heterocycles. The summed E-state index contributed by atoms with van der Waals surface area (Å²) in [6.07, 6.45) is 1.81. The van der Waals surface area contributed by atoms with Gasteiger partial charge in [-0.25, -0.2) is 4.98 Å². The number of benzene rings is 1. The minimum atomic E-state index is -0.295. The highest BCUT2D eigenvalue weighted by Gasteiger charge is 2.10. The van der Waals surface area contributed by atoms with Gasteiger partial charge < -0.3 is 9.84 Å². The summed E-state index contributed by atoms with van der Waals surface area (Å²) in [5.74, 6) is 0.583. The van der Waals surface area contributed by atoms with Crippen LogP contribution in [0.5, 0.6) is 0 Å². The first-order valence-corrected chi connectivity index (χ1v) is 7.76. The van der Waals surface area contributed by atoms with Crippen LogP contribution in [0.3, 0.4) is 0 Å². The molecule has 1 amide bonds. The summed E-state index contributed by atoms with van der Waals surface area (Å²) in [6, 6.07) is 12.0. The number of hydrogen-bond acceptors (Lipinski definition) is 6. The van der Waals surface area contributed by atoms with Crippen LogP contribution >= 0.6 is 11.6 Å². The molecule has 3 rings (SSSR count). The van der Waals surface area contributed by atoms with E-state index >= 15 is 0 Å². The van der Waals surface area contributed by atoms with E-state index in [1.54, 1.807) is 30.3 Å². The molecule has 0 aliphatic carbocycles. The predicted octanol–water partition coefficient (Wildman–Crippen LogP) is 2.63. The Labute approximate surface area is 148 Å². The molecule has 2 heterocycles. The highest BCUT2D eigenvalue weighted by Crippen LogP contribution is 2.18. The van der Waals surface area contributed by atoms with Crippen molar-refractivity contribution in [1.82, 2.24) is 20.4 Å². The summed E-state index contributed by atoms with van der Waals surface area (Å²) in [5, 5.41) is 16.1. The van der Waals surface area contributed by atoms with Crippen molar-refractivity contribution in [2.45, 2.75) is 6.42 Å². The van der Waals surface area contributed by atoms with Crippen molar-refractivity contribution in [3.05, 3.63) is 64.8 Å². The fourth-order valence-corrected chi connectivity index (χ4v) is 2.22. The number of carbonyl (C=O) groups excluding carboxylic acids is 1. The molecule has 0 radical (unpaired) electrons. The molecule has 0 spiro atoms. The molecule has 1 aromatic carbocycles. The molecule has 7 nitrogen and oxygen atoms in total. The van der Waals surface area contributed by atoms with E-state index in [1.807, 2.05) is 6.07 Å². The van der Waals surface area contributed by atoms with Crippen molar-refractivity contribution >= 4 is 17.5 Å². The smallest absolute Gasteiger partial charge is 0.251 e. The second kappa shape index (κ2) is 7.55. The average Bonchev–Trinajstić information content (AvgIpc) is 3.11. The maximum atomic E-state index is 12.0. The largest absolute Gasteiger partial charge is 0.352 e. The van der Waals surface area contributed by atoms with Gasteiger partial charge in [0.1, 0.15) is 11.8 Å². The van der Waals surface area contributed by atoms with Crippen LogP contribution in [0.25, 0.3) is 11.4 Å². The lowest BCUT2D eigenvalue weighted by Crippen LogP contribution is -2.25. The van der Waals surface area contributed by atoms with E-state index in [-0.39, 0.29) is 11.6 Å². The van der Waals surface area contributed by atoms with Gasteiger partial charge in [0.05, 0.1) is 0 Å². The first-order valence-electron chi connectivity index (χ1n) is 7.38. The van der Waals surface area contributed by atoms with Gasteiger partial charge in [0.25, 0.3) is 5.91 Å². The number of amides is 1. The Morgan fingerprint density at radius 1 is 1.28 bits per heavy atom. The summed E-state index contributed by atoms with van der Waals surface area (Å²) in [7, 11) is 0. The number of nitrogens with zero attached hydrogens (tertiary/aromatic N) is 4. The van der Waals surface area contributed by atoms with E-state index in [0.29, 0.717) is 35.3 Å². The lowest BCUT2D eigenvalue weighted by Gasteiger charge is -2.03. The van der Waals surface area contributed by atoms with Crippen molar-refractivity contribution < 1.29 is 9.32 Å². The monoisotopic (exact) mass is 353 g/mol. The van der Waals surface area contributed by atoms with E-state index < -0.39 is 0 Å². The molecule has 0 unspecified atom stereocenters. The molecule has 2 aromatic heterocycles. The zero-order valence-corrected chi connectivity index (χ0v) is 13.7. The van der Waals surface area contributed by atoms with Gasteiger partial charge in [-0.1, -0.05) is 16.8 Å². The van der Waals surface area contributed by atoms with Gasteiger partial charge in [-0.05, 0) is 36.4 Å². The Morgan fingerprint density at radius 2 is 2.08 bits per heavy atom. The lowest BCUT2D eigenvalue weighted by atomic mass is 10.2. The second-order valence-corrected chi connectivity index (χ2v) is 5.50. The van der Waals surface area contributed by atoms with E-state index in [2.05, 4.69) is 20.4 Å². The van der Waals surface area contributed by atoms with Crippen LogP contribution in [-0.4, -0.2) is 27.6 Å². The molecule has 0 aliphatic rings. The summed E-state index contributed by atoms with van der Waals surface area (Å²) in [6.45, 7) is 0.325.